The summed E-state index contributed by atoms with van der Waals surface area (Å²) in [4.78, 5) is 11.4. The highest BCUT2D eigenvalue weighted by atomic mass is 19.4. The predicted molar refractivity (Wildman–Crippen MR) is 78.8 cm³/mol. The second-order valence-electron chi connectivity index (χ2n) is 5.31. The second kappa shape index (κ2) is 8.73. The van der Waals surface area contributed by atoms with Gasteiger partial charge in [-0.05, 0) is 31.5 Å². The van der Waals surface area contributed by atoms with Gasteiger partial charge in [0.1, 0.15) is 18.5 Å². The van der Waals surface area contributed by atoms with Crippen LogP contribution in [0.3, 0.4) is 0 Å². The maximum Gasteiger partial charge on any atom is 0.416 e. The zero-order valence-electron chi connectivity index (χ0n) is 12.8. The van der Waals surface area contributed by atoms with E-state index in [1.807, 2.05) is 0 Å². The van der Waals surface area contributed by atoms with Crippen molar-refractivity contribution in [2.45, 2.75) is 38.1 Å². The smallest absolute Gasteiger partial charge is 0.416 e. The fraction of sp³-hybridized carbons (Fsp3) is 0.533. The van der Waals surface area contributed by atoms with E-state index in [9.17, 15) is 23.1 Å². The van der Waals surface area contributed by atoms with Gasteiger partial charge in [0.25, 0.3) is 0 Å². The number of nitrogens with one attached hydrogen (secondary N) is 1. The molecule has 0 saturated heterocycles. The van der Waals surface area contributed by atoms with Crippen molar-refractivity contribution in [1.82, 2.24) is 5.32 Å². The van der Waals surface area contributed by atoms with E-state index in [-0.39, 0.29) is 37.3 Å². The van der Waals surface area contributed by atoms with E-state index in [0.717, 1.165) is 12.1 Å². The number of carbonyl (C=O) groups is 1. The third kappa shape index (κ3) is 7.85. The summed E-state index contributed by atoms with van der Waals surface area (Å²) in [6, 6.07) is 4.29. The molecule has 8 heteroatoms. The molecule has 1 aromatic carbocycles. The summed E-state index contributed by atoms with van der Waals surface area (Å²) in [7, 11) is 0. The van der Waals surface area contributed by atoms with E-state index in [1.165, 1.54) is 12.1 Å². The van der Waals surface area contributed by atoms with Crippen molar-refractivity contribution >= 4 is 5.91 Å². The molecule has 0 bridgehead atoms. The Morgan fingerprint density at radius 2 is 2.13 bits per heavy atom. The molecule has 1 rings (SSSR count). The number of carbonyl (C=O) groups excluding carboxylic acids is 1. The van der Waals surface area contributed by atoms with Gasteiger partial charge in [-0.25, -0.2) is 0 Å². The minimum Gasteiger partial charge on any atom is -0.491 e. The summed E-state index contributed by atoms with van der Waals surface area (Å²) < 4.78 is 42.7. The Kier molecular flexibility index (Phi) is 7.31. The Morgan fingerprint density at radius 1 is 1.43 bits per heavy atom. The van der Waals surface area contributed by atoms with Crippen LogP contribution in [0.1, 0.15) is 25.3 Å². The zero-order valence-corrected chi connectivity index (χ0v) is 12.8. The van der Waals surface area contributed by atoms with Gasteiger partial charge in [0.05, 0.1) is 5.56 Å². The Morgan fingerprint density at radius 3 is 2.74 bits per heavy atom. The first-order valence-electron chi connectivity index (χ1n) is 7.19. The van der Waals surface area contributed by atoms with Gasteiger partial charge in [0.15, 0.2) is 0 Å². The summed E-state index contributed by atoms with van der Waals surface area (Å²) in [5.74, 6) is -0.248. The number of alkyl halides is 3. The summed E-state index contributed by atoms with van der Waals surface area (Å²) in [5, 5.41) is 12.2. The van der Waals surface area contributed by atoms with Crippen molar-refractivity contribution in [1.29, 1.82) is 0 Å². The van der Waals surface area contributed by atoms with Gasteiger partial charge < -0.3 is 20.9 Å². The number of aliphatic hydroxyl groups is 1. The number of benzene rings is 1. The minimum absolute atomic E-state index is 0.00200. The van der Waals surface area contributed by atoms with Crippen LogP contribution in [-0.4, -0.2) is 36.3 Å². The van der Waals surface area contributed by atoms with Crippen LogP contribution in [0.15, 0.2) is 24.3 Å². The molecule has 0 aliphatic rings. The van der Waals surface area contributed by atoms with E-state index >= 15 is 0 Å². The predicted octanol–water partition coefficient (Wildman–Crippen LogP) is 1.69. The molecule has 2 atom stereocenters. The maximum absolute atomic E-state index is 12.5. The molecule has 4 N–H and O–H groups in total. The number of halogens is 3. The Hall–Kier alpha value is -1.80. The molecule has 1 amide bonds. The number of hydrogen-bond donors (Lipinski definition) is 3. The number of rotatable bonds is 8. The fourth-order valence-corrected chi connectivity index (χ4v) is 1.69. The lowest BCUT2D eigenvalue weighted by Crippen LogP contribution is -2.35. The quantitative estimate of drug-likeness (QED) is 0.675. The molecule has 2 unspecified atom stereocenters. The van der Waals surface area contributed by atoms with Gasteiger partial charge in [-0.1, -0.05) is 6.07 Å². The van der Waals surface area contributed by atoms with Crippen LogP contribution in [0, 0.1) is 0 Å². The number of hydrogen-bond acceptors (Lipinski definition) is 4. The minimum atomic E-state index is -4.45. The van der Waals surface area contributed by atoms with Crippen molar-refractivity contribution in [3.05, 3.63) is 29.8 Å². The summed E-state index contributed by atoms with van der Waals surface area (Å²) >= 11 is 0. The summed E-state index contributed by atoms with van der Waals surface area (Å²) in [6.45, 7) is 1.51. The molecule has 0 aromatic heterocycles. The number of ether oxygens (including phenoxy) is 1. The van der Waals surface area contributed by atoms with Crippen molar-refractivity contribution in [3.8, 4) is 5.75 Å². The van der Waals surface area contributed by atoms with E-state index in [2.05, 4.69) is 5.32 Å². The highest BCUT2D eigenvalue weighted by Crippen LogP contribution is 2.31. The molecule has 1 aromatic rings. The summed E-state index contributed by atoms with van der Waals surface area (Å²) in [5.41, 5.74) is 4.70. The first kappa shape index (κ1) is 19.2. The first-order chi connectivity index (χ1) is 10.7. The lowest BCUT2D eigenvalue weighted by Gasteiger charge is -2.14. The first-order valence-corrected chi connectivity index (χ1v) is 7.19. The lowest BCUT2D eigenvalue weighted by molar-refractivity contribution is -0.137. The highest BCUT2D eigenvalue weighted by molar-refractivity contribution is 5.75. The van der Waals surface area contributed by atoms with Crippen LogP contribution in [0.4, 0.5) is 13.2 Å². The molecule has 0 spiro atoms. The lowest BCUT2D eigenvalue weighted by atomic mass is 10.2. The van der Waals surface area contributed by atoms with Crippen LogP contribution >= 0.6 is 0 Å². The monoisotopic (exact) mass is 334 g/mol. The topological polar surface area (TPSA) is 84.6 Å². The van der Waals surface area contributed by atoms with Gasteiger partial charge in [-0.3, -0.25) is 4.79 Å². The molecule has 5 nitrogen and oxygen atoms in total. The molecule has 0 radical (unpaired) electrons. The molecule has 0 heterocycles. The zero-order chi connectivity index (χ0) is 17.5. The SMILES string of the molecule is CC(N)CCC(=O)NCC(O)COc1cccc(C(F)(F)F)c1. The highest BCUT2D eigenvalue weighted by Gasteiger charge is 2.30. The van der Waals surface area contributed by atoms with E-state index in [0.29, 0.717) is 6.42 Å². The van der Waals surface area contributed by atoms with Crippen molar-refractivity contribution in [2.75, 3.05) is 13.2 Å². The molecule has 0 aliphatic carbocycles. The normalized spacial score (nSPS) is 14.2. The maximum atomic E-state index is 12.5. The van der Waals surface area contributed by atoms with Crippen molar-refractivity contribution < 1.29 is 27.8 Å². The van der Waals surface area contributed by atoms with Crippen LogP contribution in [0.2, 0.25) is 0 Å². The van der Waals surface area contributed by atoms with Crippen molar-refractivity contribution in [3.63, 3.8) is 0 Å². The molecule has 0 saturated carbocycles. The van der Waals surface area contributed by atoms with Crippen LogP contribution in [0.25, 0.3) is 0 Å². The molecule has 23 heavy (non-hydrogen) atoms. The molecular formula is C15H21F3N2O3. The summed E-state index contributed by atoms with van der Waals surface area (Å²) in [6.07, 6.45) is -4.70. The third-order valence-corrected chi connectivity index (χ3v) is 2.97. The molecule has 0 aliphatic heterocycles. The van der Waals surface area contributed by atoms with Gasteiger partial charge in [0, 0.05) is 19.0 Å². The van der Waals surface area contributed by atoms with E-state index in [1.54, 1.807) is 6.92 Å². The third-order valence-electron chi connectivity index (χ3n) is 2.97. The van der Waals surface area contributed by atoms with E-state index < -0.39 is 17.8 Å². The molecule has 130 valence electrons. The average Bonchev–Trinajstić information content (AvgIpc) is 2.48. The Labute approximate surface area is 132 Å². The average molecular weight is 334 g/mol. The van der Waals surface area contributed by atoms with E-state index in [4.69, 9.17) is 10.5 Å². The van der Waals surface area contributed by atoms with Gasteiger partial charge >= 0.3 is 6.18 Å². The van der Waals surface area contributed by atoms with Crippen LogP contribution < -0.4 is 15.8 Å². The van der Waals surface area contributed by atoms with Crippen LogP contribution in [-0.2, 0) is 11.0 Å². The van der Waals surface area contributed by atoms with Gasteiger partial charge in [-0.2, -0.15) is 13.2 Å². The largest absolute Gasteiger partial charge is 0.491 e. The molecule has 0 fully saturated rings. The van der Waals surface area contributed by atoms with Crippen molar-refractivity contribution in [2.24, 2.45) is 5.73 Å². The van der Waals surface area contributed by atoms with Gasteiger partial charge in [-0.15, -0.1) is 0 Å². The van der Waals surface area contributed by atoms with Crippen LogP contribution in [0.5, 0.6) is 5.75 Å². The number of amides is 1. The second-order valence-corrected chi connectivity index (χ2v) is 5.31. The van der Waals surface area contributed by atoms with Gasteiger partial charge in [0.2, 0.25) is 5.91 Å². The molecular weight excluding hydrogens is 313 g/mol. The number of nitrogens with two attached hydrogens (primary N) is 1. The standard InChI is InChI=1S/C15H21F3N2O3/c1-10(19)5-6-14(22)20-8-12(21)9-23-13-4-2-3-11(7-13)15(16,17)18/h2-4,7,10,12,21H,5-6,8-9,19H2,1H3,(H,20,22). The Balaban J connectivity index is 2.36. The Bertz CT molecular complexity index is 507. The fourth-order valence-electron chi connectivity index (χ4n) is 1.69. The number of aliphatic hydroxyl groups excluding tert-OH is 1.